The Morgan fingerprint density at radius 3 is 2.43 bits per heavy atom. The van der Waals surface area contributed by atoms with Gasteiger partial charge in [-0.25, -0.2) is 9.59 Å². The maximum absolute atomic E-state index is 12.1. The van der Waals surface area contributed by atoms with Gasteiger partial charge in [0.15, 0.2) is 0 Å². The number of hydrogen-bond acceptors (Lipinski definition) is 6. The number of carbonyl (C=O) groups is 2. The number of hydrogen-bond donors (Lipinski definition) is 1. The summed E-state index contributed by atoms with van der Waals surface area (Å²) in [6, 6.07) is 9.09. The molecule has 0 saturated carbocycles. The second-order valence-electron chi connectivity index (χ2n) is 4.12. The SMILES string of the molecule is CCOC(=O)c1sc(N)c(C(=O)OC)c1-c1ccccc1. The van der Waals surface area contributed by atoms with Crippen LogP contribution in [0.1, 0.15) is 27.0 Å². The lowest BCUT2D eigenvalue weighted by molar-refractivity contribution is 0.0533. The largest absolute Gasteiger partial charge is 0.465 e. The van der Waals surface area contributed by atoms with Crippen LogP contribution in [0.15, 0.2) is 30.3 Å². The van der Waals surface area contributed by atoms with Gasteiger partial charge in [-0.2, -0.15) is 0 Å². The van der Waals surface area contributed by atoms with Crippen LogP contribution in [0.3, 0.4) is 0 Å². The number of thiophene rings is 1. The first-order chi connectivity index (χ1) is 10.1. The number of anilines is 1. The van der Waals surface area contributed by atoms with E-state index >= 15 is 0 Å². The Morgan fingerprint density at radius 2 is 1.86 bits per heavy atom. The lowest BCUT2D eigenvalue weighted by atomic mass is 10.0. The van der Waals surface area contributed by atoms with E-state index in [9.17, 15) is 9.59 Å². The molecule has 21 heavy (non-hydrogen) atoms. The summed E-state index contributed by atoms with van der Waals surface area (Å²) in [7, 11) is 1.28. The van der Waals surface area contributed by atoms with Gasteiger partial charge in [-0.3, -0.25) is 0 Å². The number of nitrogen functional groups attached to an aromatic ring is 1. The molecule has 2 rings (SSSR count). The van der Waals surface area contributed by atoms with Crippen molar-refractivity contribution in [1.82, 2.24) is 0 Å². The van der Waals surface area contributed by atoms with E-state index in [4.69, 9.17) is 15.2 Å². The molecule has 1 aromatic heterocycles. The van der Waals surface area contributed by atoms with Crippen LogP contribution in [0.4, 0.5) is 5.00 Å². The molecule has 0 atom stereocenters. The second-order valence-corrected chi connectivity index (χ2v) is 5.18. The van der Waals surface area contributed by atoms with Crippen LogP contribution >= 0.6 is 11.3 Å². The molecule has 0 radical (unpaired) electrons. The highest BCUT2D eigenvalue weighted by atomic mass is 32.1. The quantitative estimate of drug-likeness (QED) is 0.879. The van der Waals surface area contributed by atoms with Crippen molar-refractivity contribution in [2.45, 2.75) is 6.92 Å². The zero-order valence-corrected chi connectivity index (χ0v) is 12.5. The topological polar surface area (TPSA) is 78.6 Å². The predicted octanol–water partition coefficient (Wildman–Crippen LogP) is 2.96. The number of benzene rings is 1. The fourth-order valence-corrected chi connectivity index (χ4v) is 2.95. The Labute approximate surface area is 126 Å². The molecule has 0 unspecified atom stereocenters. The third-order valence-electron chi connectivity index (χ3n) is 2.85. The van der Waals surface area contributed by atoms with Crippen molar-refractivity contribution in [3.05, 3.63) is 40.8 Å². The van der Waals surface area contributed by atoms with E-state index in [0.717, 1.165) is 11.3 Å². The molecule has 0 fully saturated rings. The zero-order chi connectivity index (χ0) is 15.4. The van der Waals surface area contributed by atoms with Crippen LogP contribution in [-0.2, 0) is 9.47 Å². The molecule has 5 nitrogen and oxygen atoms in total. The van der Waals surface area contributed by atoms with Crippen LogP contribution in [0, 0.1) is 0 Å². The van der Waals surface area contributed by atoms with Gasteiger partial charge in [-0.1, -0.05) is 30.3 Å². The van der Waals surface area contributed by atoms with Crippen molar-refractivity contribution in [2.75, 3.05) is 19.5 Å². The average Bonchev–Trinajstić information content (AvgIpc) is 2.85. The third-order valence-corrected chi connectivity index (χ3v) is 3.85. The van der Waals surface area contributed by atoms with E-state index in [-0.39, 0.29) is 17.2 Å². The molecular formula is C15H15NO4S. The molecule has 0 amide bonds. The summed E-state index contributed by atoms with van der Waals surface area (Å²) in [6.45, 7) is 1.97. The first-order valence-electron chi connectivity index (χ1n) is 6.33. The number of esters is 2. The van der Waals surface area contributed by atoms with E-state index < -0.39 is 11.9 Å². The van der Waals surface area contributed by atoms with Crippen LogP contribution < -0.4 is 5.73 Å². The van der Waals surface area contributed by atoms with E-state index in [2.05, 4.69) is 0 Å². The molecular weight excluding hydrogens is 290 g/mol. The third kappa shape index (κ3) is 2.90. The normalized spacial score (nSPS) is 10.2. The molecule has 0 bridgehead atoms. The number of rotatable bonds is 4. The number of carbonyl (C=O) groups excluding carboxylic acids is 2. The van der Waals surface area contributed by atoms with Gasteiger partial charge in [-0.15, -0.1) is 11.3 Å². The molecule has 6 heteroatoms. The Kier molecular flexibility index (Phi) is 4.59. The first kappa shape index (κ1) is 15.1. The van der Waals surface area contributed by atoms with Crippen molar-refractivity contribution in [2.24, 2.45) is 0 Å². The van der Waals surface area contributed by atoms with Crippen LogP contribution in [0.2, 0.25) is 0 Å². The van der Waals surface area contributed by atoms with Crippen LogP contribution in [-0.4, -0.2) is 25.7 Å². The number of nitrogens with two attached hydrogens (primary N) is 1. The van der Waals surface area contributed by atoms with E-state index in [1.165, 1.54) is 7.11 Å². The van der Waals surface area contributed by atoms with Gasteiger partial charge in [-0.05, 0) is 12.5 Å². The fraction of sp³-hybridized carbons (Fsp3) is 0.200. The molecule has 1 heterocycles. The summed E-state index contributed by atoms with van der Waals surface area (Å²) in [5.41, 5.74) is 7.28. The smallest absolute Gasteiger partial charge is 0.349 e. The Hall–Kier alpha value is -2.34. The summed E-state index contributed by atoms with van der Waals surface area (Å²) >= 11 is 1.03. The molecule has 2 N–H and O–H groups in total. The highest BCUT2D eigenvalue weighted by Crippen LogP contribution is 2.39. The van der Waals surface area contributed by atoms with Crippen molar-refractivity contribution in [3.8, 4) is 11.1 Å². The van der Waals surface area contributed by atoms with Crippen molar-refractivity contribution in [1.29, 1.82) is 0 Å². The summed E-state index contributed by atoms with van der Waals surface area (Å²) in [5.74, 6) is -1.07. The molecule has 0 spiro atoms. The number of methoxy groups -OCH3 is 1. The standard InChI is InChI=1S/C15H15NO4S/c1-3-20-15(18)12-10(9-7-5-4-6-8-9)11(13(16)21-12)14(17)19-2/h4-8H,3,16H2,1-2H3. The van der Waals surface area contributed by atoms with Crippen molar-refractivity contribution >= 4 is 28.3 Å². The van der Waals surface area contributed by atoms with Gasteiger partial charge >= 0.3 is 11.9 Å². The Balaban J connectivity index is 2.67. The van der Waals surface area contributed by atoms with E-state index in [1.807, 2.05) is 18.2 Å². The zero-order valence-electron chi connectivity index (χ0n) is 11.7. The lowest BCUT2D eigenvalue weighted by Gasteiger charge is -2.06. The second kappa shape index (κ2) is 6.41. The molecule has 0 saturated heterocycles. The summed E-state index contributed by atoms with van der Waals surface area (Å²) < 4.78 is 9.80. The molecule has 110 valence electrons. The van der Waals surface area contributed by atoms with Gasteiger partial charge in [0.1, 0.15) is 15.4 Å². The summed E-state index contributed by atoms with van der Waals surface area (Å²) in [5, 5.41) is 0.240. The Bertz CT molecular complexity index is 664. The molecule has 0 aliphatic carbocycles. The van der Waals surface area contributed by atoms with Gasteiger partial charge in [0.2, 0.25) is 0 Å². The minimum Gasteiger partial charge on any atom is -0.465 e. The maximum Gasteiger partial charge on any atom is 0.349 e. The summed E-state index contributed by atoms with van der Waals surface area (Å²) in [4.78, 5) is 24.4. The highest BCUT2D eigenvalue weighted by Gasteiger charge is 2.28. The molecule has 0 aliphatic heterocycles. The highest BCUT2D eigenvalue weighted by molar-refractivity contribution is 7.18. The fourth-order valence-electron chi connectivity index (χ4n) is 1.97. The van der Waals surface area contributed by atoms with Crippen molar-refractivity contribution < 1.29 is 19.1 Å². The minimum atomic E-state index is -0.571. The van der Waals surface area contributed by atoms with E-state index in [1.54, 1.807) is 19.1 Å². The van der Waals surface area contributed by atoms with E-state index in [0.29, 0.717) is 16.0 Å². The van der Waals surface area contributed by atoms with Crippen LogP contribution in [0.25, 0.3) is 11.1 Å². The van der Waals surface area contributed by atoms with Gasteiger partial charge in [0, 0.05) is 5.56 Å². The Morgan fingerprint density at radius 1 is 1.19 bits per heavy atom. The molecule has 0 aliphatic rings. The van der Waals surface area contributed by atoms with Gasteiger partial charge in [0.25, 0.3) is 0 Å². The first-order valence-corrected chi connectivity index (χ1v) is 7.14. The number of ether oxygens (including phenoxy) is 2. The van der Waals surface area contributed by atoms with Crippen LogP contribution in [0.5, 0.6) is 0 Å². The minimum absolute atomic E-state index is 0.205. The molecule has 1 aromatic carbocycles. The van der Waals surface area contributed by atoms with Crippen molar-refractivity contribution in [3.63, 3.8) is 0 Å². The maximum atomic E-state index is 12.1. The molecule has 2 aromatic rings. The monoisotopic (exact) mass is 305 g/mol. The predicted molar refractivity (Wildman–Crippen MR) is 81.5 cm³/mol. The average molecular weight is 305 g/mol. The van der Waals surface area contributed by atoms with Gasteiger partial charge in [0.05, 0.1) is 13.7 Å². The summed E-state index contributed by atoms with van der Waals surface area (Å²) in [6.07, 6.45) is 0. The van der Waals surface area contributed by atoms with Gasteiger partial charge < -0.3 is 15.2 Å². The lowest BCUT2D eigenvalue weighted by Crippen LogP contribution is -2.07.